The molecule has 6 nitrogen and oxygen atoms in total. The monoisotopic (exact) mass is 424 g/mol. The van der Waals surface area contributed by atoms with Crippen molar-refractivity contribution in [2.24, 2.45) is 0 Å². The molecule has 2 aliphatic rings. The minimum Gasteiger partial charge on any atom is -0.474 e. The lowest BCUT2D eigenvalue weighted by atomic mass is 9.98. The van der Waals surface area contributed by atoms with Gasteiger partial charge in [-0.15, -0.1) is 11.3 Å². The maximum absolute atomic E-state index is 9.25. The number of aldehydes is 1. The Bertz CT molecular complexity index is 712. The second-order valence-corrected chi connectivity index (χ2v) is 7.96. The highest BCUT2D eigenvalue weighted by Gasteiger charge is 2.23. The summed E-state index contributed by atoms with van der Waals surface area (Å²) in [5.41, 5.74) is 1.46. The third-order valence-corrected chi connectivity index (χ3v) is 5.69. The molecular formula is C22H36N2O4S. The molecule has 4 rings (SSSR count). The summed E-state index contributed by atoms with van der Waals surface area (Å²) >= 11 is 1.83. The van der Waals surface area contributed by atoms with Gasteiger partial charge in [0.2, 0.25) is 5.88 Å². The van der Waals surface area contributed by atoms with Crippen LogP contribution < -0.4 is 4.74 Å². The van der Waals surface area contributed by atoms with Gasteiger partial charge in [0.15, 0.2) is 0 Å². The zero-order chi connectivity index (χ0) is 21.6. The van der Waals surface area contributed by atoms with Crippen LogP contribution in [0.2, 0.25) is 0 Å². The van der Waals surface area contributed by atoms with E-state index in [1.54, 1.807) is 20.5 Å². The van der Waals surface area contributed by atoms with Crippen LogP contribution in [0.5, 0.6) is 5.88 Å². The lowest BCUT2D eigenvalue weighted by Gasteiger charge is -2.22. The summed E-state index contributed by atoms with van der Waals surface area (Å²) in [6.07, 6.45) is 11.6. The molecule has 0 aromatic carbocycles. The molecule has 0 amide bonds. The van der Waals surface area contributed by atoms with E-state index in [1.165, 1.54) is 74.1 Å². The molecular weight excluding hydrogens is 388 g/mol. The number of rotatable bonds is 3. The van der Waals surface area contributed by atoms with Crippen molar-refractivity contribution in [3.05, 3.63) is 16.8 Å². The summed E-state index contributed by atoms with van der Waals surface area (Å²) in [6, 6.07) is 0. The molecule has 0 saturated heterocycles. The van der Waals surface area contributed by atoms with Crippen molar-refractivity contribution in [1.82, 2.24) is 9.97 Å². The van der Waals surface area contributed by atoms with Crippen molar-refractivity contribution in [2.45, 2.75) is 84.3 Å². The van der Waals surface area contributed by atoms with E-state index in [0.717, 1.165) is 10.7 Å². The van der Waals surface area contributed by atoms with Gasteiger partial charge in [0.05, 0.1) is 5.39 Å². The van der Waals surface area contributed by atoms with E-state index in [2.05, 4.69) is 14.7 Å². The average molecular weight is 425 g/mol. The predicted octanol–water partition coefficient (Wildman–Crippen LogP) is 4.75. The number of carbonyl (C=O) groups excluding carboxylic acids is 1. The van der Waals surface area contributed by atoms with Crippen molar-refractivity contribution in [2.75, 3.05) is 14.2 Å². The fraction of sp³-hybridized carbons (Fsp3) is 0.682. The molecule has 164 valence electrons. The van der Waals surface area contributed by atoms with Gasteiger partial charge in [-0.1, -0.05) is 20.3 Å². The van der Waals surface area contributed by atoms with E-state index < -0.39 is 6.10 Å². The van der Waals surface area contributed by atoms with E-state index in [-0.39, 0.29) is 0 Å². The van der Waals surface area contributed by atoms with Gasteiger partial charge < -0.3 is 19.4 Å². The number of ether oxygens (including phenoxy) is 2. The molecule has 1 fully saturated rings. The quantitative estimate of drug-likeness (QED) is 0.716. The Morgan fingerprint density at radius 2 is 1.76 bits per heavy atom. The van der Waals surface area contributed by atoms with E-state index in [0.29, 0.717) is 12.4 Å². The molecule has 2 aromatic heterocycles. The number of hydrogen-bond acceptors (Lipinski definition) is 7. The fourth-order valence-corrected chi connectivity index (χ4v) is 4.55. The topological polar surface area (TPSA) is 81.5 Å². The highest BCUT2D eigenvalue weighted by Crippen LogP contribution is 2.40. The number of nitrogens with zero attached hydrogens (tertiary/aromatic N) is 2. The van der Waals surface area contributed by atoms with Crippen molar-refractivity contribution in [3.63, 3.8) is 0 Å². The summed E-state index contributed by atoms with van der Waals surface area (Å²) in [5.74, 6) is 0.844. The number of fused-ring (bicyclic) bond motifs is 3. The number of hydrogen-bond donors (Lipinski definition) is 1. The summed E-state index contributed by atoms with van der Waals surface area (Å²) in [7, 11) is 3.25. The lowest BCUT2D eigenvalue weighted by Crippen LogP contribution is -2.20. The second-order valence-electron chi connectivity index (χ2n) is 6.88. The molecule has 0 radical (unpaired) electrons. The zero-order valence-corrected chi connectivity index (χ0v) is 19.3. The molecule has 0 bridgehead atoms. The lowest BCUT2D eigenvalue weighted by molar-refractivity contribution is -0.114. The van der Waals surface area contributed by atoms with Gasteiger partial charge in [-0.2, -0.15) is 0 Å². The molecule has 1 saturated carbocycles. The third-order valence-electron chi connectivity index (χ3n) is 4.49. The van der Waals surface area contributed by atoms with Crippen LogP contribution in [0.4, 0.5) is 0 Å². The van der Waals surface area contributed by atoms with Crippen LogP contribution in [0.1, 0.15) is 69.7 Å². The number of methoxy groups -OCH3 is 1. The Kier molecular flexibility index (Phi) is 12.7. The summed E-state index contributed by atoms with van der Waals surface area (Å²) in [4.78, 5) is 20.7. The number of thiophene rings is 1. The zero-order valence-electron chi connectivity index (χ0n) is 18.4. The van der Waals surface area contributed by atoms with Crippen LogP contribution in [0, 0.1) is 0 Å². The molecule has 2 heterocycles. The van der Waals surface area contributed by atoms with Crippen LogP contribution in [-0.4, -0.2) is 47.8 Å². The van der Waals surface area contributed by atoms with Crippen molar-refractivity contribution in [1.29, 1.82) is 0 Å². The first-order valence-corrected chi connectivity index (χ1v) is 11.4. The molecule has 1 atom stereocenters. The number of aromatic nitrogens is 2. The Morgan fingerprint density at radius 1 is 1.14 bits per heavy atom. The average Bonchev–Trinajstić information content (AvgIpc) is 3.33. The van der Waals surface area contributed by atoms with Gasteiger partial charge in [0.1, 0.15) is 29.7 Å². The van der Waals surface area contributed by atoms with Crippen LogP contribution in [0.3, 0.4) is 0 Å². The SMILES string of the molecule is CC.CC(O)C=O.COC.c1nc(OC2CCCCC2)c2c3c(sc2n1)CCC3. The van der Waals surface area contributed by atoms with E-state index in [9.17, 15) is 4.79 Å². The largest absolute Gasteiger partial charge is 0.474 e. The normalized spacial score (nSPS) is 16.2. The maximum Gasteiger partial charge on any atom is 0.225 e. The molecule has 0 spiro atoms. The van der Waals surface area contributed by atoms with Gasteiger partial charge in [-0.25, -0.2) is 9.97 Å². The number of aliphatic hydroxyl groups excluding tert-OH is 1. The molecule has 1 unspecified atom stereocenters. The van der Waals surface area contributed by atoms with Crippen LogP contribution in [0.15, 0.2) is 6.33 Å². The van der Waals surface area contributed by atoms with Gasteiger partial charge in [-0.3, -0.25) is 0 Å². The fourth-order valence-electron chi connectivity index (χ4n) is 3.33. The first-order valence-electron chi connectivity index (χ1n) is 10.6. The number of aliphatic hydroxyl groups is 1. The first kappa shape index (κ1) is 25.5. The minimum atomic E-state index is -0.796. The third kappa shape index (κ3) is 7.99. The highest BCUT2D eigenvalue weighted by atomic mass is 32.1. The Hall–Kier alpha value is -1.57. The first-order chi connectivity index (χ1) is 14.1. The number of carbonyl (C=O) groups is 1. The van der Waals surface area contributed by atoms with Crippen LogP contribution in [0.25, 0.3) is 10.2 Å². The van der Waals surface area contributed by atoms with Crippen LogP contribution in [-0.2, 0) is 22.4 Å². The van der Waals surface area contributed by atoms with E-state index in [4.69, 9.17) is 9.84 Å². The molecule has 0 aliphatic heterocycles. The summed E-state index contributed by atoms with van der Waals surface area (Å²) < 4.78 is 10.5. The second kappa shape index (κ2) is 14.4. The van der Waals surface area contributed by atoms with Crippen molar-refractivity contribution < 1.29 is 19.4 Å². The predicted molar refractivity (Wildman–Crippen MR) is 119 cm³/mol. The van der Waals surface area contributed by atoms with Gasteiger partial charge in [0, 0.05) is 19.1 Å². The molecule has 2 aliphatic carbocycles. The Balaban J connectivity index is 0.000000360. The number of aryl methyl sites for hydroxylation is 2. The van der Waals surface area contributed by atoms with Crippen molar-refractivity contribution >= 4 is 27.8 Å². The van der Waals surface area contributed by atoms with Gasteiger partial charge in [0.25, 0.3) is 0 Å². The molecule has 29 heavy (non-hydrogen) atoms. The maximum atomic E-state index is 9.25. The van der Waals surface area contributed by atoms with Gasteiger partial charge in [-0.05, 0) is 57.4 Å². The Labute approximate surface area is 178 Å². The molecule has 2 aromatic rings. The standard InChI is InChI=1S/C15H18N2OS.C3H6O2.C2H6O.C2H6/c1-2-5-10(6-3-1)18-14-13-11-7-4-8-12(11)19-15(13)17-9-16-14;1-3(5)2-4;1-3-2;1-2/h9-10H,1-8H2;2-3,5H,1H3;1-2H3;1-2H3. The van der Waals surface area contributed by atoms with Gasteiger partial charge >= 0.3 is 0 Å². The van der Waals surface area contributed by atoms with E-state index in [1.807, 2.05) is 25.2 Å². The minimum absolute atomic E-state index is 0.365. The van der Waals surface area contributed by atoms with Crippen molar-refractivity contribution in [3.8, 4) is 5.88 Å². The Morgan fingerprint density at radius 3 is 2.34 bits per heavy atom. The van der Waals surface area contributed by atoms with Crippen LogP contribution >= 0.6 is 11.3 Å². The summed E-state index contributed by atoms with van der Waals surface area (Å²) in [5, 5.41) is 9.21. The molecule has 7 heteroatoms. The highest BCUT2D eigenvalue weighted by molar-refractivity contribution is 7.18. The molecule has 1 N–H and O–H groups in total. The van der Waals surface area contributed by atoms with E-state index >= 15 is 0 Å². The smallest absolute Gasteiger partial charge is 0.225 e. The summed E-state index contributed by atoms with van der Waals surface area (Å²) in [6.45, 7) is 5.41.